The molecule has 0 bridgehead atoms. The second-order valence-corrected chi connectivity index (χ2v) is 4.16. The fourth-order valence-corrected chi connectivity index (χ4v) is 2.15. The number of benzene rings is 1. The second-order valence-electron chi connectivity index (χ2n) is 3.26. The number of morpholine rings is 1. The molecule has 1 aromatic rings. The molecule has 1 fully saturated rings. The van der Waals surface area contributed by atoms with Gasteiger partial charge in [-0.15, -0.1) is 11.8 Å². The fraction of sp³-hybridized carbons (Fsp3) is 0.364. The van der Waals surface area contributed by atoms with Gasteiger partial charge >= 0.3 is 0 Å². The third-order valence-corrected chi connectivity index (χ3v) is 3.10. The van der Waals surface area contributed by atoms with Crippen molar-refractivity contribution in [3.63, 3.8) is 0 Å². The third-order valence-electron chi connectivity index (χ3n) is 2.33. The lowest BCUT2D eigenvalue weighted by molar-refractivity contribution is -0.127. The summed E-state index contributed by atoms with van der Waals surface area (Å²) in [5, 5.41) is 0. The lowest BCUT2D eigenvalue weighted by Crippen LogP contribution is -2.46. The molecule has 0 aromatic heterocycles. The van der Waals surface area contributed by atoms with E-state index < -0.39 is 0 Å². The topological polar surface area (TPSA) is 29.5 Å². The van der Waals surface area contributed by atoms with Crippen molar-refractivity contribution < 1.29 is 9.53 Å². The van der Waals surface area contributed by atoms with Crippen molar-refractivity contribution in [2.75, 3.05) is 24.3 Å². The number of carbonyl (C=O) groups excluding carboxylic acids is 1. The minimum atomic E-state index is -0.348. The number of ether oxygens (including phenoxy) is 1. The van der Waals surface area contributed by atoms with Crippen LogP contribution in [0.15, 0.2) is 30.3 Å². The monoisotopic (exact) mass is 223 g/mol. The largest absolute Gasteiger partial charge is 0.356 e. The van der Waals surface area contributed by atoms with Gasteiger partial charge in [-0.25, -0.2) is 0 Å². The molecule has 3 nitrogen and oxygen atoms in total. The molecule has 1 unspecified atom stereocenters. The van der Waals surface area contributed by atoms with E-state index in [0.29, 0.717) is 13.2 Å². The minimum absolute atomic E-state index is 0.0416. The van der Waals surface area contributed by atoms with Gasteiger partial charge in [0, 0.05) is 12.2 Å². The molecule has 4 heteroatoms. The van der Waals surface area contributed by atoms with Crippen LogP contribution in [0.25, 0.3) is 0 Å². The average Bonchev–Trinajstić information content (AvgIpc) is 2.30. The zero-order chi connectivity index (χ0) is 10.7. The number of para-hydroxylation sites is 1. The standard InChI is InChI=1S/C11H13NO2S/c1-15-11-10(13)12(7-8-14-11)9-5-3-2-4-6-9/h2-6,11H,7-8H2,1H3. The molecule has 0 saturated carbocycles. The van der Waals surface area contributed by atoms with Gasteiger partial charge in [0.1, 0.15) is 0 Å². The summed E-state index contributed by atoms with van der Waals surface area (Å²) in [6, 6.07) is 9.71. The van der Waals surface area contributed by atoms with Gasteiger partial charge in [0.25, 0.3) is 5.91 Å². The molecule has 2 rings (SSSR count). The summed E-state index contributed by atoms with van der Waals surface area (Å²) >= 11 is 1.44. The van der Waals surface area contributed by atoms with Gasteiger partial charge in [0.05, 0.1) is 6.61 Å². The van der Waals surface area contributed by atoms with Crippen LogP contribution in [0.4, 0.5) is 5.69 Å². The highest BCUT2D eigenvalue weighted by Crippen LogP contribution is 2.22. The van der Waals surface area contributed by atoms with E-state index in [1.165, 1.54) is 11.8 Å². The van der Waals surface area contributed by atoms with Crippen LogP contribution in [0.1, 0.15) is 0 Å². The Kier molecular flexibility index (Phi) is 3.28. The summed E-state index contributed by atoms with van der Waals surface area (Å²) in [7, 11) is 0. The number of thioether (sulfide) groups is 1. The summed E-state index contributed by atoms with van der Waals surface area (Å²) in [6.45, 7) is 1.24. The van der Waals surface area contributed by atoms with Crippen molar-refractivity contribution in [2.45, 2.75) is 5.44 Å². The van der Waals surface area contributed by atoms with Crippen LogP contribution in [-0.2, 0) is 9.53 Å². The smallest absolute Gasteiger partial charge is 0.266 e. The Hall–Kier alpha value is -1.00. The normalized spacial score (nSPS) is 21.8. The van der Waals surface area contributed by atoms with Crippen LogP contribution >= 0.6 is 11.8 Å². The highest BCUT2D eigenvalue weighted by Gasteiger charge is 2.29. The lowest BCUT2D eigenvalue weighted by atomic mass is 10.2. The zero-order valence-corrected chi connectivity index (χ0v) is 9.37. The molecular weight excluding hydrogens is 210 g/mol. The number of carbonyl (C=O) groups is 1. The molecule has 1 amide bonds. The van der Waals surface area contributed by atoms with E-state index in [4.69, 9.17) is 4.74 Å². The van der Waals surface area contributed by atoms with Crippen LogP contribution in [0, 0.1) is 0 Å². The van der Waals surface area contributed by atoms with Gasteiger partial charge in [-0.3, -0.25) is 4.79 Å². The van der Waals surface area contributed by atoms with Crippen molar-refractivity contribution in [1.82, 2.24) is 0 Å². The van der Waals surface area contributed by atoms with Crippen LogP contribution in [0.2, 0.25) is 0 Å². The van der Waals surface area contributed by atoms with E-state index in [-0.39, 0.29) is 11.3 Å². The Balaban J connectivity index is 2.19. The summed E-state index contributed by atoms with van der Waals surface area (Å²) < 4.78 is 5.36. The Labute approximate surface area is 93.4 Å². The van der Waals surface area contributed by atoms with Gasteiger partial charge in [0.15, 0.2) is 5.44 Å². The molecule has 1 saturated heterocycles. The molecule has 0 spiro atoms. The maximum Gasteiger partial charge on any atom is 0.266 e. The summed E-state index contributed by atoms with van der Waals surface area (Å²) in [6.07, 6.45) is 1.89. The van der Waals surface area contributed by atoms with Gasteiger partial charge in [-0.1, -0.05) is 18.2 Å². The molecule has 1 aliphatic heterocycles. The van der Waals surface area contributed by atoms with Crippen LogP contribution in [0.5, 0.6) is 0 Å². The van der Waals surface area contributed by atoms with E-state index in [1.807, 2.05) is 36.6 Å². The Bertz CT molecular complexity index is 342. The molecule has 1 atom stereocenters. The van der Waals surface area contributed by atoms with Gasteiger partial charge < -0.3 is 9.64 Å². The molecule has 1 heterocycles. The predicted molar refractivity (Wildman–Crippen MR) is 62.1 cm³/mol. The third kappa shape index (κ3) is 2.16. The SMILES string of the molecule is CSC1OCCN(c2ccccc2)C1=O. The van der Waals surface area contributed by atoms with Gasteiger partial charge in [-0.05, 0) is 18.4 Å². The van der Waals surface area contributed by atoms with Gasteiger partial charge in [0.2, 0.25) is 0 Å². The highest BCUT2D eigenvalue weighted by molar-refractivity contribution is 7.99. The molecule has 0 radical (unpaired) electrons. The van der Waals surface area contributed by atoms with Crippen LogP contribution in [-0.4, -0.2) is 30.8 Å². The summed E-state index contributed by atoms with van der Waals surface area (Å²) in [4.78, 5) is 13.7. The Morgan fingerprint density at radius 1 is 1.40 bits per heavy atom. The second kappa shape index (κ2) is 4.68. The van der Waals surface area contributed by atoms with E-state index in [1.54, 1.807) is 4.90 Å². The zero-order valence-electron chi connectivity index (χ0n) is 8.55. The predicted octanol–water partition coefficient (Wildman–Crippen LogP) is 1.74. The molecule has 80 valence electrons. The fourth-order valence-electron chi connectivity index (χ4n) is 1.59. The molecule has 0 aliphatic carbocycles. The van der Waals surface area contributed by atoms with E-state index >= 15 is 0 Å². The lowest BCUT2D eigenvalue weighted by Gasteiger charge is -2.31. The number of rotatable bonds is 2. The number of amides is 1. The van der Waals surface area contributed by atoms with Crippen LogP contribution in [0.3, 0.4) is 0 Å². The maximum absolute atomic E-state index is 11.9. The van der Waals surface area contributed by atoms with E-state index in [2.05, 4.69) is 0 Å². The van der Waals surface area contributed by atoms with Crippen molar-refractivity contribution >= 4 is 23.4 Å². The van der Waals surface area contributed by atoms with Crippen molar-refractivity contribution in [2.24, 2.45) is 0 Å². The summed E-state index contributed by atoms with van der Waals surface area (Å²) in [5.41, 5.74) is 0.601. The molecule has 1 aliphatic rings. The number of hydrogen-bond donors (Lipinski definition) is 0. The summed E-state index contributed by atoms with van der Waals surface area (Å²) in [5.74, 6) is 0.0416. The average molecular weight is 223 g/mol. The first-order chi connectivity index (χ1) is 7.33. The molecule has 15 heavy (non-hydrogen) atoms. The number of hydrogen-bond acceptors (Lipinski definition) is 3. The Morgan fingerprint density at radius 3 is 2.80 bits per heavy atom. The maximum atomic E-state index is 11.9. The van der Waals surface area contributed by atoms with Crippen molar-refractivity contribution in [3.05, 3.63) is 30.3 Å². The minimum Gasteiger partial charge on any atom is -0.356 e. The highest BCUT2D eigenvalue weighted by atomic mass is 32.2. The Morgan fingerprint density at radius 2 is 2.13 bits per heavy atom. The van der Waals surface area contributed by atoms with E-state index in [0.717, 1.165) is 5.69 Å². The van der Waals surface area contributed by atoms with Crippen LogP contribution < -0.4 is 4.90 Å². The van der Waals surface area contributed by atoms with Gasteiger partial charge in [-0.2, -0.15) is 0 Å². The number of nitrogens with zero attached hydrogens (tertiary/aromatic N) is 1. The van der Waals surface area contributed by atoms with E-state index in [9.17, 15) is 4.79 Å². The first kappa shape index (κ1) is 10.5. The molecular formula is C11H13NO2S. The van der Waals surface area contributed by atoms with Crippen molar-refractivity contribution in [3.8, 4) is 0 Å². The molecule has 0 N–H and O–H groups in total. The number of anilines is 1. The van der Waals surface area contributed by atoms with Crippen molar-refractivity contribution in [1.29, 1.82) is 0 Å². The first-order valence-electron chi connectivity index (χ1n) is 4.84. The molecule has 1 aromatic carbocycles. The first-order valence-corrected chi connectivity index (χ1v) is 6.12. The quantitative estimate of drug-likeness (QED) is 0.765.